The van der Waals surface area contributed by atoms with Crippen LogP contribution >= 0.6 is 0 Å². The lowest BCUT2D eigenvalue weighted by molar-refractivity contribution is 0.0941. The molecule has 0 aliphatic rings. The van der Waals surface area contributed by atoms with E-state index in [2.05, 4.69) is 67.5 Å². The highest BCUT2D eigenvalue weighted by Gasteiger charge is 2.19. The lowest BCUT2D eigenvalue weighted by atomic mass is 9.82. The second-order valence-corrected chi connectivity index (χ2v) is 9.61. The van der Waals surface area contributed by atoms with Gasteiger partial charge in [0, 0.05) is 24.1 Å². The molecule has 34 heavy (non-hydrogen) atoms. The van der Waals surface area contributed by atoms with E-state index in [1.807, 2.05) is 30.5 Å². The molecule has 0 aliphatic carbocycles. The van der Waals surface area contributed by atoms with Gasteiger partial charge in [-0.3, -0.25) is 9.59 Å². The zero-order valence-electron chi connectivity index (χ0n) is 20.4. The molecule has 1 N–H and O–H groups in total. The van der Waals surface area contributed by atoms with Crippen LogP contribution in [0.4, 0.5) is 0 Å². The number of amides is 1. The van der Waals surface area contributed by atoms with Gasteiger partial charge in [0.05, 0.1) is 5.39 Å². The number of rotatable bonds is 6. The van der Waals surface area contributed by atoms with Crippen molar-refractivity contribution < 1.29 is 4.79 Å². The Morgan fingerprint density at radius 2 is 1.76 bits per heavy atom. The Balaban J connectivity index is 1.83. The van der Waals surface area contributed by atoms with Crippen molar-refractivity contribution in [2.45, 2.75) is 52.5 Å². The molecule has 2 aromatic heterocycles. The number of benzene rings is 2. The average molecular weight is 454 g/mol. The summed E-state index contributed by atoms with van der Waals surface area (Å²) in [7, 11) is 0. The Bertz CT molecular complexity index is 1400. The highest BCUT2D eigenvalue weighted by atomic mass is 16.2. The highest BCUT2D eigenvalue weighted by Crippen LogP contribution is 2.30. The molecule has 5 heteroatoms. The minimum Gasteiger partial charge on any atom is -0.350 e. The van der Waals surface area contributed by atoms with Gasteiger partial charge in [0.15, 0.2) is 0 Å². The Labute approximate surface area is 200 Å². The van der Waals surface area contributed by atoms with E-state index >= 15 is 0 Å². The van der Waals surface area contributed by atoms with Crippen LogP contribution in [0.1, 0.15) is 57.0 Å². The van der Waals surface area contributed by atoms with Crippen LogP contribution in [0.3, 0.4) is 0 Å². The van der Waals surface area contributed by atoms with Crippen molar-refractivity contribution in [2.75, 3.05) is 0 Å². The number of nitrogens with zero attached hydrogens (tertiary/aromatic N) is 2. The van der Waals surface area contributed by atoms with E-state index < -0.39 is 0 Å². The summed E-state index contributed by atoms with van der Waals surface area (Å²) in [5.41, 5.74) is 4.74. The number of aromatic nitrogens is 2. The Hall–Kier alpha value is -3.73. The number of nitrogens with one attached hydrogen (secondary N) is 1. The standard InChI is InChI=1S/C29H31N3O2/c1-6-29(4,5)22-14-12-20(13-15-22)21-9-7-10-23(17-21)32-18-25(28(34)31-19(2)3)26(33)24-11-8-16-30-27(24)32/h7-19H,6H2,1-5H3,(H,31,34). The molecule has 0 fully saturated rings. The van der Waals surface area contributed by atoms with Crippen LogP contribution < -0.4 is 10.7 Å². The summed E-state index contributed by atoms with van der Waals surface area (Å²) >= 11 is 0. The Morgan fingerprint density at radius 1 is 1.03 bits per heavy atom. The van der Waals surface area contributed by atoms with Crippen LogP contribution in [0.2, 0.25) is 0 Å². The molecular weight excluding hydrogens is 422 g/mol. The second kappa shape index (κ2) is 9.26. The van der Waals surface area contributed by atoms with Crippen molar-refractivity contribution in [1.82, 2.24) is 14.9 Å². The first-order valence-electron chi connectivity index (χ1n) is 11.7. The molecule has 4 aromatic rings. The summed E-state index contributed by atoms with van der Waals surface area (Å²) in [6.07, 6.45) is 4.33. The van der Waals surface area contributed by atoms with Crippen molar-refractivity contribution in [3.8, 4) is 16.8 Å². The molecule has 174 valence electrons. The molecule has 0 bridgehead atoms. The Morgan fingerprint density at radius 3 is 2.44 bits per heavy atom. The largest absolute Gasteiger partial charge is 0.350 e. The SMILES string of the molecule is CCC(C)(C)c1ccc(-c2cccc(-n3cc(C(=O)NC(C)C)c(=O)c4cccnc43)c2)cc1. The average Bonchev–Trinajstić information content (AvgIpc) is 2.84. The first-order chi connectivity index (χ1) is 16.2. The van der Waals surface area contributed by atoms with E-state index in [4.69, 9.17) is 0 Å². The molecule has 0 aliphatic heterocycles. The molecule has 2 heterocycles. The van der Waals surface area contributed by atoms with E-state index in [-0.39, 0.29) is 28.4 Å². The minimum atomic E-state index is -0.384. The third-order valence-electron chi connectivity index (χ3n) is 6.43. The fourth-order valence-corrected chi connectivity index (χ4v) is 4.01. The minimum absolute atomic E-state index is 0.0751. The number of carbonyl (C=O) groups excluding carboxylic acids is 1. The van der Waals surface area contributed by atoms with Gasteiger partial charge in [0.1, 0.15) is 11.2 Å². The maximum Gasteiger partial charge on any atom is 0.256 e. The zero-order chi connectivity index (χ0) is 24.5. The summed E-state index contributed by atoms with van der Waals surface area (Å²) in [4.78, 5) is 30.3. The summed E-state index contributed by atoms with van der Waals surface area (Å²) < 4.78 is 1.82. The normalized spacial score (nSPS) is 11.7. The summed E-state index contributed by atoms with van der Waals surface area (Å²) in [5, 5.41) is 3.24. The number of hydrogen-bond acceptors (Lipinski definition) is 3. The molecule has 0 radical (unpaired) electrons. The summed E-state index contributed by atoms with van der Waals surface area (Å²) in [5.74, 6) is -0.384. The van der Waals surface area contributed by atoms with Gasteiger partial charge in [-0.25, -0.2) is 4.98 Å². The first-order valence-corrected chi connectivity index (χ1v) is 11.7. The first kappa shape index (κ1) is 23.4. The summed E-state index contributed by atoms with van der Waals surface area (Å²) in [6.45, 7) is 10.5. The van der Waals surface area contributed by atoms with Crippen molar-refractivity contribution in [3.05, 3.63) is 94.4 Å². The molecule has 0 spiro atoms. The van der Waals surface area contributed by atoms with Crippen molar-refractivity contribution in [1.29, 1.82) is 0 Å². The molecule has 2 aromatic carbocycles. The van der Waals surface area contributed by atoms with E-state index in [1.54, 1.807) is 24.5 Å². The van der Waals surface area contributed by atoms with Gasteiger partial charge in [-0.1, -0.05) is 57.2 Å². The maximum atomic E-state index is 13.0. The molecule has 0 saturated heterocycles. The molecule has 1 amide bonds. The van der Waals surface area contributed by atoms with Crippen LogP contribution in [0.25, 0.3) is 27.8 Å². The summed E-state index contributed by atoms with van der Waals surface area (Å²) in [6, 6.07) is 20.1. The monoisotopic (exact) mass is 453 g/mol. The number of fused-ring (bicyclic) bond motifs is 1. The van der Waals surface area contributed by atoms with Gasteiger partial charge < -0.3 is 9.88 Å². The molecule has 0 saturated carbocycles. The third-order valence-corrected chi connectivity index (χ3v) is 6.43. The predicted molar refractivity (Wildman–Crippen MR) is 139 cm³/mol. The molecule has 0 unspecified atom stereocenters. The van der Waals surface area contributed by atoms with Gasteiger partial charge >= 0.3 is 0 Å². The van der Waals surface area contributed by atoms with Gasteiger partial charge in [0.2, 0.25) is 5.43 Å². The van der Waals surface area contributed by atoms with Crippen LogP contribution in [0, 0.1) is 0 Å². The van der Waals surface area contributed by atoms with Crippen LogP contribution in [0.5, 0.6) is 0 Å². The lowest BCUT2D eigenvalue weighted by Gasteiger charge is -2.23. The highest BCUT2D eigenvalue weighted by molar-refractivity contribution is 5.97. The van der Waals surface area contributed by atoms with E-state index in [1.165, 1.54) is 5.56 Å². The quantitative estimate of drug-likeness (QED) is 0.397. The van der Waals surface area contributed by atoms with Gasteiger partial charge in [0.25, 0.3) is 5.91 Å². The topological polar surface area (TPSA) is 64.0 Å². The molecule has 5 nitrogen and oxygen atoms in total. The van der Waals surface area contributed by atoms with Gasteiger partial charge in [-0.05, 0) is 66.6 Å². The van der Waals surface area contributed by atoms with Crippen molar-refractivity contribution in [2.24, 2.45) is 0 Å². The number of pyridine rings is 2. The van der Waals surface area contributed by atoms with Crippen LogP contribution in [0.15, 0.2) is 77.9 Å². The van der Waals surface area contributed by atoms with Gasteiger partial charge in [-0.15, -0.1) is 0 Å². The smallest absolute Gasteiger partial charge is 0.256 e. The third kappa shape index (κ3) is 4.51. The fourth-order valence-electron chi connectivity index (χ4n) is 4.01. The maximum absolute atomic E-state index is 13.0. The predicted octanol–water partition coefficient (Wildman–Crippen LogP) is 5.88. The number of carbonyl (C=O) groups is 1. The fraction of sp³-hybridized carbons (Fsp3) is 0.276. The van der Waals surface area contributed by atoms with Crippen LogP contribution in [-0.4, -0.2) is 21.5 Å². The molecule has 0 atom stereocenters. The van der Waals surface area contributed by atoms with Crippen molar-refractivity contribution >= 4 is 16.9 Å². The number of hydrogen-bond donors (Lipinski definition) is 1. The van der Waals surface area contributed by atoms with Crippen LogP contribution in [-0.2, 0) is 5.41 Å². The molecule has 4 rings (SSSR count). The van der Waals surface area contributed by atoms with Crippen molar-refractivity contribution in [3.63, 3.8) is 0 Å². The lowest BCUT2D eigenvalue weighted by Crippen LogP contribution is -2.34. The zero-order valence-corrected chi connectivity index (χ0v) is 20.4. The Kier molecular flexibility index (Phi) is 6.38. The second-order valence-electron chi connectivity index (χ2n) is 9.61. The van der Waals surface area contributed by atoms with E-state index in [0.717, 1.165) is 23.2 Å². The van der Waals surface area contributed by atoms with Gasteiger partial charge in [-0.2, -0.15) is 0 Å². The molecular formula is C29H31N3O2. The van der Waals surface area contributed by atoms with E-state index in [0.29, 0.717) is 11.0 Å². The van der Waals surface area contributed by atoms with E-state index in [9.17, 15) is 9.59 Å².